The van der Waals surface area contributed by atoms with Crippen molar-refractivity contribution in [3.63, 3.8) is 0 Å². The van der Waals surface area contributed by atoms with Gasteiger partial charge in [0.15, 0.2) is 17.5 Å². The summed E-state index contributed by atoms with van der Waals surface area (Å²) in [6, 6.07) is 61.5. The maximum Gasteiger partial charge on any atom is 0.164 e. The Bertz CT molecular complexity index is 3870. The largest absolute Gasteiger partial charge is 0.456 e. The van der Waals surface area contributed by atoms with Gasteiger partial charge in [-0.2, -0.15) is 0 Å². The lowest BCUT2D eigenvalue weighted by Gasteiger charge is -2.14. The first-order valence-corrected chi connectivity index (χ1v) is 20.5. The minimum Gasteiger partial charge on any atom is -0.456 e. The molecule has 9 aromatic carbocycles. The minimum atomic E-state index is 0.606. The molecule has 0 aliphatic rings. The molecule has 0 atom stereocenters. The van der Waals surface area contributed by atoms with Crippen molar-refractivity contribution in [1.29, 1.82) is 0 Å². The van der Waals surface area contributed by atoms with E-state index in [4.69, 9.17) is 23.8 Å². The van der Waals surface area contributed by atoms with Crippen LogP contribution in [-0.4, -0.2) is 15.0 Å². The van der Waals surface area contributed by atoms with Gasteiger partial charge in [0.2, 0.25) is 0 Å². The van der Waals surface area contributed by atoms with E-state index < -0.39 is 0 Å². The SMILES string of the molecule is c1ccc2c(-c3cccc4oc5ccccc5c34)cc(-c3nc(-c4ccc5c(ccc6oc7ccccc7c65)c4)nc(-c4cccc5sc6ccccc6c45)n3)cc2c1. The smallest absolute Gasteiger partial charge is 0.164 e. The maximum atomic E-state index is 6.36. The number of fused-ring (bicyclic) bond motifs is 12. The molecule has 0 fully saturated rings. The number of benzene rings is 9. The summed E-state index contributed by atoms with van der Waals surface area (Å²) < 4.78 is 15.0. The molecule has 0 spiro atoms. The highest BCUT2D eigenvalue weighted by Crippen LogP contribution is 2.43. The lowest BCUT2D eigenvalue weighted by Crippen LogP contribution is -2.01. The zero-order chi connectivity index (χ0) is 38.6. The van der Waals surface area contributed by atoms with Gasteiger partial charge in [0.1, 0.15) is 22.3 Å². The molecule has 13 rings (SSSR count). The Kier molecular flexibility index (Phi) is 6.82. The molecule has 0 N–H and O–H groups in total. The van der Waals surface area contributed by atoms with Crippen LogP contribution in [-0.2, 0) is 0 Å². The van der Waals surface area contributed by atoms with Crippen LogP contribution >= 0.6 is 11.3 Å². The van der Waals surface area contributed by atoms with E-state index in [1.807, 2.05) is 30.3 Å². The van der Waals surface area contributed by atoms with Crippen LogP contribution in [0.2, 0.25) is 0 Å². The molecular formula is C53H29N3O2S. The van der Waals surface area contributed by atoms with Gasteiger partial charge in [-0.1, -0.05) is 121 Å². The van der Waals surface area contributed by atoms with E-state index in [9.17, 15) is 0 Å². The number of aromatic nitrogens is 3. The third-order valence-electron chi connectivity index (χ3n) is 11.7. The first-order chi connectivity index (χ1) is 29.2. The number of hydrogen-bond donors (Lipinski definition) is 0. The van der Waals surface area contributed by atoms with E-state index in [-0.39, 0.29) is 0 Å². The van der Waals surface area contributed by atoms with Gasteiger partial charge in [-0.15, -0.1) is 11.3 Å². The Labute approximate surface area is 340 Å². The molecule has 4 heterocycles. The molecule has 0 amide bonds. The average Bonchev–Trinajstić information content (AvgIpc) is 4.00. The number of thiophene rings is 1. The molecule has 274 valence electrons. The van der Waals surface area contributed by atoms with Crippen molar-refractivity contribution < 1.29 is 8.83 Å². The fraction of sp³-hybridized carbons (Fsp3) is 0. The quantitative estimate of drug-likeness (QED) is 0.178. The highest BCUT2D eigenvalue weighted by molar-refractivity contribution is 7.25. The molecule has 0 unspecified atom stereocenters. The molecule has 4 aromatic heterocycles. The second-order valence-corrected chi connectivity index (χ2v) is 16.2. The van der Waals surface area contributed by atoms with Crippen LogP contribution in [0.15, 0.2) is 185 Å². The van der Waals surface area contributed by atoms with E-state index in [0.717, 1.165) is 98.6 Å². The molecule has 13 aromatic rings. The minimum absolute atomic E-state index is 0.606. The van der Waals surface area contributed by atoms with Crippen LogP contribution in [0.4, 0.5) is 0 Å². The van der Waals surface area contributed by atoms with Crippen LogP contribution in [0.1, 0.15) is 0 Å². The Morgan fingerprint density at radius 1 is 0.322 bits per heavy atom. The van der Waals surface area contributed by atoms with E-state index >= 15 is 0 Å². The Morgan fingerprint density at radius 3 is 1.76 bits per heavy atom. The number of furan rings is 2. The predicted octanol–water partition coefficient (Wildman–Crippen LogP) is 15.0. The summed E-state index contributed by atoms with van der Waals surface area (Å²) in [5.41, 5.74) is 8.47. The van der Waals surface area contributed by atoms with Crippen molar-refractivity contribution in [2.75, 3.05) is 0 Å². The Morgan fingerprint density at radius 2 is 0.915 bits per heavy atom. The third-order valence-corrected chi connectivity index (χ3v) is 12.8. The summed E-state index contributed by atoms with van der Waals surface area (Å²) in [7, 11) is 0. The first kappa shape index (κ1) is 32.4. The molecule has 0 aliphatic heterocycles. The second-order valence-electron chi connectivity index (χ2n) is 15.1. The zero-order valence-electron chi connectivity index (χ0n) is 31.3. The molecule has 6 heteroatoms. The van der Waals surface area contributed by atoms with Crippen molar-refractivity contribution in [2.45, 2.75) is 0 Å². The molecule has 0 saturated carbocycles. The lowest BCUT2D eigenvalue weighted by atomic mass is 9.92. The maximum absolute atomic E-state index is 6.36. The number of para-hydroxylation sites is 2. The van der Waals surface area contributed by atoms with Gasteiger partial charge < -0.3 is 8.83 Å². The number of rotatable bonds is 4. The van der Waals surface area contributed by atoms with Gasteiger partial charge in [0, 0.05) is 58.4 Å². The van der Waals surface area contributed by atoms with Crippen LogP contribution in [0.5, 0.6) is 0 Å². The highest BCUT2D eigenvalue weighted by atomic mass is 32.1. The van der Waals surface area contributed by atoms with Crippen molar-refractivity contribution in [3.05, 3.63) is 176 Å². The number of hydrogen-bond acceptors (Lipinski definition) is 6. The summed E-state index contributed by atoms with van der Waals surface area (Å²) in [5, 5.41) is 11.2. The van der Waals surface area contributed by atoms with Crippen LogP contribution in [0.25, 0.3) is 131 Å². The van der Waals surface area contributed by atoms with Crippen LogP contribution in [0.3, 0.4) is 0 Å². The lowest BCUT2D eigenvalue weighted by molar-refractivity contribution is 0.668. The Balaban J connectivity index is 1.08. The third kappa shape index (κ3) is 4.94. The van der Waals surface area contributed by atoms with E-state index in [1.54, 1.807) is 11.3 Å². The van der Waals surface area contributed by atoms with Crippen LogP contribution in [0, 0.1) is 0 Å². The van der Waals surface area contributed by atoms with Crippen molar-refractivity contribution in [1.82, 2.24) is 15.0 Å². The van der Waals surface area contributed by atoms with Gasteiger partial charge in [-0.3, -0.25) is 0 Å². The fourth-order valence-electron chi connectivity index (χ4n) is 9.07. The first-order valence-electron chi connectivity index (χ1n) is 19.7. The summed E-state index contributed by atoms with van der Waals surface area (Å²) in [5.74, 6) is 1.85. The van der Waals surface area contributed by atoms with Gasteiger partial charge in [0.05, 0.1) is 0 Å². The molecular weight excluding hydrogens is 743 g/mol. The van der Waals surface area contributed by atoms with Gasteiger partial charge in [0.25, 0.3) is 0 Å². The summed E-state index contributed by atoms with van der Waals surface area (Å²) in [6.45, 7) is 0. The normalized spacial score (nSPS) is 12.1. The number of nitrogens with zero attached hydrogens (tertiary/aromatic N) is 3. The van der Waals surface area contributed by atoms with Crippen molar-refractivity contribution >= 4 is 96.9 Å². The van der Waals surface area contributed by atoms with Gasteiger partial charge in [-0.25, -0.2) is 15.0 Å². The average molecular weight is 772 g/mol. The predicted molar refractivity (Wildman–Crippen MR) is 244 cm³/mol. The van der Waals surface area contributed by atoms with E-state index in [0.29, 0.717) is 17.5 Å². The topological polar surface area (TPSA) is 65.0 Å². The fourth-order valence-corrected chi connectivity index (χ4v) is 10.2. The summed E-state index contributed by atoms with van der Waals surface area (Å²) >= 11 is 1.79. The van der Waals surface area contributed by atoms with Gasteiger partial charge >= 0.3 is 0 Å². The molecule has 0 radical (unpaired) electrons. The van der Waals surface area contributed by atoms with Crippen molar-refractivity contribution in [3.8, 4) is 45.3 Å². The molecule has 5 nitrogen and oxygen atoms in total. The highest BCUT2D eigenvalue weighted by Gasteiger charge is 2.20. The Hall–Kier alpha value is -7.67. The summed E-state index contributed by atoms with van der Waals surface area (Å²) in [6.07, 6.45) is 0. The zero-order valence-corrected chi connectivity index (χ0v) is 32.1. The van der Waals surface area contributed by atoms with E-state index in [2.05, 4.69) is 146 Å². The van der Waals surface area contributed by atoms with Crippen molar-refractivity contribution in [2.24, 2.45) is 0 Å². The monoisotopic (exact) mass is 771 g/mol. The summed E-state index contributed by atoms with van der Waals surface area (Å²) in [4.78, 5) is 16.0. The second kappa shape index (κ2) is 12.4. The molecule has 0 bridgehead atoms. The molecule has 59 heavy (non-hydrogen) atoms. The molecule has 0 saturated heterocycles. The standard InChI is InChI=1S/C53H29N3O2S/c1-2-12-34-30(11-1)28-33(29-41(34)36-16-9-20-44-49(36)38-14-4-7-19-43(38)57-44)52-54-51(55-53(56-52)40-17-10-22-47-50(40)39-15-5-8-21-46(39)59-47)32-23-25-35-31(27-32)24-26-45-48(35)37-13-3-6-18-42(37)58-45/h1-29H. The van der Waals surface area contributed by atoms with E-state index in [1.165, 1.54) is 14.8 Å². The van der Waals surface area contributed by atoms with Gasteiger partial charge in [-0.05, 0) is 87.3 Å². The molecule has 0 aliphatic carbocycles. The van der Waals surface area contributed by atoms with Crippen LogP contribution < -0.4 is 0 Å².